The Morgan fingerprint density at radius 2 is 1.59 bits per heavy atom. The first kappa shape index (κ1) is 31.4. The average molecular weight is 595 g/mol. The number of aromatic nitrogens is 4. The first-order chi connectivity index (χ1) is 19.0. The molecular formula is C31H46N4O4Si2. The van der Waals surface area contributed by atoms with E-state index < -0.39 is 16.6 Å². The van der Waals surface area contributed by atoms with E-state index >= 15 is 0 Å². The van der Waals surface area contributed by atoms with Crippen molar-refractivity contribution >= 4 is 27.8 Å². The van der Waals surface area contributed by atoms with Gasteiger partial charge in [-0.2, -0.15) is 0 Å². The van der Waals surface area contributed by atoms with Gasteiger partial charge in [-0.25, -0.2) is 15.0 Å². The number of nitrogens with zero attached hydrogens (tertiary/aromatic N) is 4. The maximum absolute atomic E-state index is 6.95. The van der Waals surface area contributed by atoms with Crippen molar-refractivity contribution in [2.45, 2.75) is 103 Å². The van der Waals surface area contributed by atoms with E-state index in [1.54, 1.807) is 13.4 Å². The van der Waals surface area contributed by atoms with Gasteiger partial charge in [0, 0.05) is 12.0 Å². The van der Waals surface area contributed by atoms with E-state index in [-0.39, 0.29) is 28.5 Å². The fourth-order valence-corrected chi connectivity index (χ4v) is 6.54. The van der Waals surface area contributed by atoms with Crippen molar-refractivity contribution in [3.8, 4) is 17.6 Å². The van der Waals surface area contributed by atoms with Gasteiger partial charge in [0.05, 0.1) is 26.1 Å². The molecule has 10 heteroatoms. The summed E-state index contributed by atoms with van der Waals surface area (Å²) in [6.45, 7) is 23.2. The number of fused-ring (bicyclic) bond motifs is 1. The standard InChI is InChI=1S/C31H46N4O4Si2/c1-30(2,3)40(8,9)37-19-26-25(39-41(10,11)31(4,5)6)18-27(38-26)35-21-34-28-24(32-20-33-29(28)35)17-14-22-12-15-23(36-7)16-13-22/h12-13,15-16,20-21,25-27H,18-19H2,1-11H3. The fourth-order valence-electron chi connectivity index (χ4n) is 4.17. The van der Waals surface area contributed by atoms with Crippen molar-refractivity contribution in [1.82, 2.24) is 19.5 Å². The predicted molar refractivity (Wildman–Crippen MR) is 168 cm³/mol. The molecule has 4 rings (SSSR count). The SMILES string of the molecule is COc1ccc(C#Cc2ncnc3c2ncn3C2CC(O[Si](C)(C)C(C)(C)C)C(CO[Si](C)(C)C(C)(C)C)O2)cc1. The monoisotopic (exact) mass is 594 g/mol. The number of hydrogen-bond donors (Lipinski definition) is 0. The van der Waals surface area contributed by atoms with E-state index in [0.29, 0.717) is 29.9 Å². The minimum Gasteiger partial charge on any atom is -0.497 e. The van der Waals surface area contributed by atoms with Gasteiger partial charge in [0.1, 0.15) is 35.6 Å². The van der Waals surface area contributed by atoms with Crippen LogP contribution in [0.4, 0.5) is 0 Å². The maximum Gasteiger partial charge on any atom is 0.192 e. The van der Waals surface area contributed by atoms with E-state index in [9.17, 15) is 0 Å². The van der Waals surface area contributed by atoms with Gasteiger partial charge in [-0.15, -0.1) is 0 Å². The highest BCUT2D eigenvalue weighted by atomic mass is 28.4. The maximum atomic E-state index is 6.95. The first-order valence-corrected chi connectivity index (χ1v) is 20.1. The minimum atomic E-state index is -2.05. The van der Waals surface area contributed by atoms with Crippen LogP contribution in [-0.4, -0.2) is 62.1 Å². The van der Waals surface area contributed by atoms with Crippen LogP contribution in [0.5, 0.6) is 5.75 Å². The topological polar surface area (TPSA) is 80.5 Å². The van der Waals surface area contributed by atoms with Crippen LogP contribution in [-0.2, 0) is 13.6 Å². The second-order valence-corrected chi connectivity index (χ2v) is 23.4. The molecule has 0 N–H and O–H groups in total. The highest BCUT2D eigenvalue weighted by molar-refractivity contribution is 6.74. The summed E-state index contributed by atoms with van der Waals surface area (Å²) < 4.78 is 27.5. The third-order valence-corrected chi connectivity index (χ3v) is 17.9. The van der Waals surface area contributed by atoms with Gasteiger partial charge >= 0.3 is 0 Å². The highest BCUT2D eigenvalue weighted by Gasteiger charge is 2.46. The highest BCUT2D eigenvalue weighted by Crippen LogP contribution is 2.43. The molecule has 3 heterocycles. The zero-order valence-electron chi connectivity index (χ0n) is 26.5. The number of benzene rings is 1. The summed E-state index contributed by atoms with van der Waals surface area (Å²) in [7, 11) is -2.37. The third kappa shape index (κ3) is 6.92. The lowest BCUT2D eigenvalue weighted by Gasteiger charge is -2.40. The van der Waals surface area contributed by atoms with Crippen molar-refractivity contribution in [3.63, 3.8) is 0 Å². The summed E-state index contributed by atoms with van der Waals surface area (Å²) in [6, 6.07) is 7.62. The Labute approximate surface area is 247 Å². The van der Waals surface area contributed by atoms with Crippen LogP contribution in [0, 0.1) is 11.8 Å². The second-order valence-electron chi connectivity index (χ2n) is 13.9. The summed E-state index contributed by atoms with van der Waals surface area (Å²) in [5.74, 6) is 7.13. The van der Waals surface area contributed by atoms with Crippen molar-refractivity contribution in [1.29, 1.82) is 0 Å². The van der Waals surface area contributed by atoms with Gasteiger partial charge in [0.15, 0.2) is 22.3 Å². The van der Waals surface area contributed by atoms with Gasteiger partial charge < -0.3 is 18.3 Å². The molecule has 8 nitrogen and oxygen atoms in total. The molecule has 1 aromatic carbocycles. The number of rotatable bonds is 7. The number of methoxy groups -OCH3 is 1. The molecule has 1 fully saturated rings. The molecule has 0 radical (unpaired) electrons. The van der Waals surface area contributed by atoms with Gasteiger partial charge in [-0.05, 0) is 66.5 Å². The fraction of sp³-hybridized carbons (Fsp3) is 0.581. The molecule has 1 aliphatic heterocycles. The van der Waals surface area contributed by atoms with Crippen LogP contribution in [0.3, 0.4) is 0 Å². The van der Waals surface area contributed by atoms with Gasteiger partial charge in [0.25, 0.3) is 0 Å². The average Bonchev–Trinajstić information content (AvgIpc) is 3.49. The molecule has 2 aromatic heterocycles. The van der Waals surface area contributed by atoms with Crippen molar-refractivity contribution in [2.24, 2.45) is 0 Å². The Balaban J connectivity index is 1.61. The Bertz CT molecular complexity index is 1410. The zero-order valence-corrected chi connectivity index (χ0v) is 28.5. The zero-order chi connectivity index (χ0) is 30.2. The summed E-state index contributed by atoms with van der Waals surface area (Å²) in [6.07, 6.45) is 3.47. The van der Waals surface area contributed by atoms with E-state index in [1.807, 2.05) is 28.8 Å². The Morgan fingerprint density at radius 1 is 0.927 bits per heavy atom. The van der Waals surface area contributed by atoms with Crippen LogP contribution in [0.25, 0.3) is 11.2 Å². The second kappa shape index (κ2) is 11.6. The van der Waals surface area contributed by atoms with Gasteiger partial charge in [0.2, 0.25) is 0 Å². The molecule has 0 saturated carbocycles. The molecule has 0 spiro atoms. The van der Waals surface area contributed by atoms with E-state index in [1.165, 1.54) is 6.33 Å². The molecule has 0 bridgehead atoms. The molecule has 222 valence electrons. The van der Waals surface area contributed by atoms with Crippen LogP contribution in [0.15, 0.2) is 36.9 Å². The molecule has 1 saturated heterocycles. The van der Waals surface area contributed by atoms with Crippen LogP contribution < -0.4 is 4.74 Å². The number of ether oxygens (including phenoxy) is 2. The molecule has 3 unspecified atom stereocenters. The van der Waals surface area contributed by atoms with Crippen LogP contribution in [0.2, 0.25) is 36.3 Å². The summed E-state index contributed by atoms with van der Waals surface area (Å²) in [4.78, 5) is 13.7. The molecule has 1 aliphatic rings. The summed E-state index contributed by atoms with van der Waals surface area (Å²) in [5.41, 5.74) is 2.79. The largest absolute Gasteiger partial charge is 0.497 e. The lowest BCUT2D eigenvalue weighted by Crippen LogP contribution is -2.48. The normalized spacial score (nSPS) is 20.2. The number of hydrogen-bond acceptors (Lipinski definition) is 7. The smallest absolute Gasteiger partial charge is 0.192 e. The predicted octanol–water partition coefficient (Wildman–Crippen LogP) is 6.93. The summed E-state index contributed by atoms with van der Waals surface area (Å²) in [5, 5.41) is 0.198. The molecule has 41 heavy (non-hydrogen) atoms. The Hall–Kier alpha value is -2.56. The number of imidazole rings is 1. The van der Waals surface area contributed by atoms with Crippen molar-refractivity contribution < 1.29 is 18.3 Å². The Kier molecular flexibility index (Phi) is 8.89. The molecule has 0 aliphatic carbocycles. The van der Waals surface area contributed by atoms with Gasteiger partial charge in [-0.1, -0.05) is 47.5 Å². The molecule has 3 atom stereocenters. The van der Waals surface area contributed by atoms with Crippen molar-refractivity contribution in [2.75, 3.05) is 13.7 Å². The summed E-state index contributed by atoms with van der Waals surface area (Å²) >= 11 is 0. The first-order valence-electron chi connectivity index (χ1n) is 14.3. The van der Waals surface area contributed by atoms with E-state index in [4.69, 9.17) is 18.3 Å². The lowest BCUT2D eigenvalue weighted by molar-refractivity contribution is -0.0383. The van der Waals surface area contributed by atoms with Crippen molar-refractivity contribution in [3.05, 3.63) is 48.2 Å². The van der Waals surface area contributed by atoms with Crippen LogP contribution >= 0.6 is 0 Å². The minimum absolute atomic E-state index is 0.0840. The lowest BCUT2D eigenvalue weighted by atomic mass is 10.2. The van der Waals surface area contributed by atoms with Crippen LogP contribution in [0.1, 0.15) is 65.4 Å². The Morgan fingerprint density at radius 3 is 2.20 bits per heavy atom. The molecule has 3 aromatic rings. The molecule has 0 amide bonds. The van der Waals surface area contributed by atoms with Gasteiger partial charge in [-0.3, -0.25) is 4.57 Å². The quantitative estimate of drug-likeness (QED) is 0.217. The van der Waals surface area contributed by atoms with E-state index in [2.05, 4.69) is 94.5 Å². The van der Waals surface area contributed by atoms with E-state index in [0.717, 1.165) is 11.3 Å². The third-order valence-electron chi connectivity index (χ3n) is 8.93. The molecular weight excluding hydrogens is 549 g/mol.